The number of nitrogens with zero attached hydrogens (tertiary/aromatic N) is 3. The summed E-state index contributed by atoms with van der Waals surface area (Å²) in [6.07, 6.45) is 11.3. The van der Waals surface area contributed by atoms with Gasteiger partial charge in [0.15, 0.2) is 5.65 Å². The molecule has 1 fully saturated rings. The van der Waals surface area contributed by atoms with Crippen LogP contribution in [0.3, 0.4) is 0 Å². The van der Waals surface area contributed by atoms with Crippen LogP contribution in [0.2, 0.25) is 0 Å². The maximum atomic E-state index is 4.64. The Morgan fingerprint density at radius 3 is 2.70 bits per heavy atom. The summed E-state index contributed by atoms with van der Waals surface area (Å²) in [6, 6.07) is 0. The van der Waals surface area contributed by atoms with E-state index in [2.05, 4.69) is 32.6 Å². The summed E-state index contributed by atoms with van der Waals surface area (Å²) in [5, 5.41) is 1.01. The van der Waals surface area contributed by atoms with E-state index in [4.69, 9.17) is 0 Å². The van der Waals surface area contributed by atoms with Crippen molar-refractivity contribution < 1.29 is 0 Å². The number of fused-ring (bicyclic) bond motifs is 1. The Kier molecular flexibility index (Phi) is 4.51. The first kappa shape index (κ1) is 14.2. The molecule has 0 spiro atoms. The lowest BCUT2D eigenvalue weighted by atomic mass is 9.84. The maximum Gasteiger partial charge on any atom is 0.181 e. The predicted molar refractivity (Wildman–Crippen MR) is 86.4 cm³/mol. The molecular weight excluding hydrogens is 288 g/mol. The normalized spacial score (nSPS) is 19.1. The molecule has 1 aliphatic rings. The number of thiol groups is 1. The van der Waals surface area contributed by atoms with Gasteiger partial charge in [-0.3, -0.25) is 0 Å². The quantitative estimate of drug-likeness (QED) is 0.391. The average molecular weight is 308 g/mol. The molecule has 0 radical (unpaired) electrons. The van der Waals surface area contributed by atoms with Crippen molar-refractivity contribution >= 4 is 35.6 Å². The molecule has 0 unspecified atom stereocenters. The minimum Gasteiger partial charge on any atom is -0.341 e. The lowest BCUT2D eigenvalue weighted by Crippen LogP contribution is -2.25. The van der Waals surface area contributed by atoms with Gasteiger partial charge < -0.3 is 4.98 Å². The van der Waals surface area contributed by atoms with Crippen molar-refractivity contribution in [3.05, 3.63) is 12.7 Å². The summed E-state index contributed by atoms with van der Waals surface area (Å²) in [4.78, 5) is 15.9. The first-order chi connectivity index (χ1) is 9.83. The number of nitrogens with one attached hydrogen (secondary N) is 1. The summed E-state index contributed by atoms with van der Waals surface area (Å²) in [7, 11) is 0. The largest absolute Gasteiger partial charge is 0.341 e. The third-order valence-electron chi connectivity index (χ3n) is 4.20. The average Bonchev–Trinajstić information content (AvgIpc) is 2.84. The van der Waals surface area contributed by atoms with E-state index in [-0.39, 0.29) is 0 Å². The van der Waals surface area contributed by atoms with Crippen LogP contribution in [0.25, 0.3) is 11.2 Å². The zero-order valence-electron chi connectivity index (χ0n) is 11.5. The number of H-pyrrole nitrogens is 1. The smallest absolute Gasteiger partial charge is 0.181 e. The van der Waals surface area contributed by atoms with E-state index in [9.17, 15) is 0 Å². The van der Waals surface area contributed by atoms with Crippen LogP contribution < -0.4 is 0 Å². The Labute approximate surface area is 129 Å². The second kappa shape index (κ2) is 6.35. The standard InChI is InChI=1S/C14H20N4S2/c19-7-14(5-3-1-2-4-6-14)8-20-13-11-12(16-9-15-11)17-10-18-13/h9-10,19H,1-8H2,(H,15,16,17,18). The molecule has 2 aromatic heterocycles. The lowest BCUT2D eigenvalue weighted by Gasteiger charge is -2.30. The Morgan fingerprint density at radius 2 is 1.95 bits per heavy atom. The van der Waals surface area contributed by atoms with Crippen molar-refractivity contribution in [3.63, 3.8) is 0 Å². The first-order valence-corrected chi connectivity index (χ1v) is 8.83. The molecule has 2 heterocycles. The van der Waals surface area contributed by atoms with Crippen LogP contribution in [0.5, 0.6) is 0 Å². The molecule has 3 rings (SSSR count). The molecule has 1 aliphatic carbocycles. The summed E-state index contributed by atoms with van der Waals surface area (Å²) in [5.74, 6) is 2.05. The van der Waals surface area contributed by atoms with Gasteiger partial charge in [0.25, 0.3) is 0 Å². The number of hydrogen-bond donors (Lipinski definition) is 2. The topological polar surface area (TPSA) is 54.5 Å². The Bertz CT molecular complexity index is 561. The zero-order valence-corrected chi connectivity index (χ0v) is 13.2. The van der Waals surface area contributed by atoms with Crippen molar-refractivity contribution in [2.75, 3.05) is 11.5 Å². The SMILES string of the molecule is SCC1(CSc2ncnc3nc[nH]c23)CCCCCC1. The van der Waals surface area contributed by atoms with Gasteiger partial charge >= 0.3 is 0 Å². The number of imidazole rings is 1. The van der Waals surface area contributed by atoms with Crippen molar-refractivity contribution in [1.82, 2.24) is 19.9 Å². The molecule has 108 valence electrons. The molecule has 1 N–H and O–H groups in total. The van der Waals surface area contributed by atoms with Crippen molar-refractivity contribution in [3.8, 4) is 0 Å². The highest BCUT2D eigenvalue weighted by molar-refractivity contribution is 7.99. The third-order valence-corrected chi connectivity index (χ3v) is 6.21. The Hall–Kier alpha value is -0.750. The van der Waals surface area contributed by atoms with Gasteiger partial charge in [0.2, 0.25) is 0 Å². The molecule has 6 heteroatoms. The number of thioether (sulfide) groups is 1. The van der Waals surface area contributed by atoms with E-state index in [1.807, 2.05) is 11.8 Å². The van der Waals surface area contributed by atoms with Crippen LogP contribution in [0, 0.1) is 5.41 Å². The highest BCUT2D eigenvalue weighted by Gasteiger charge is 2.30. The monoisotopic (exact) mass is 308 g/mol. The van der Waals surface area contributed by atoms with Gasteiger partial charge in [0, 0.05) is 5.75 Å². The minimum absolute atomic E-state index is 0.363. The van der Waals surface area contributed by atoms with E-state index in [1.54, 1.807) is 12.7 Å². The van der Waals surface area contributed by atoms with Crippen LogP contribution in [-0.4, -0.2) is 31.4 Å². The lowest BCUT2D eigenvalue weighted by molar-refractivity contribution is 0.332. The van der Waals surface area contributed by atoms with E-state index in [0.29, 0.717) is 5.41 Å². The van der Waals surface area contributed by atoms with Gasteiger partial charge in [0.05, 0.1) is 6.33 Å². The van der Waals surface area contributed by atoms with Crippen LogP contribution >= 0.6 is 24.4 Å². The van der Waals surface area contributed by atoms with Gasteiger partial charge in [-0.1, -0.05) is 25.7 Å². The molecule has 1 saturated carbocycles. The minimum atomic E-state index is 0.363. The fraction of sp³-hybridized carbons (Fsp3) is 0.643. The van der Waals surface area contributed by atoms with Crippen molar-refractivity contribution in [2.45, 2.75) is 43.6 Å². The van der Waals surface area contributed by atoms with E-state index in [1.165, 1.54) is 38.5 Å². The summed E-state index contributed by atoms with van der Waals surface area (Å²) >= 11 is 6.46. The van der Waals surface area contributed by atoms with Crippen LogP contribution in [0.4, 0.5) is 0 Å². The summed E-state index contributed by atoms with van der Waals surface area (Å²) < 4.78 is 0. The van der Waals surface area contributed by atoms with Crippen LogP contribution in [0.1, 0.15) is 38.5 Å². The van der Waals surface area contributed by atoms with Crippen LogP contribution in [0.15, 0.2) is 17.7 Å². The maximum absolute atomic E-state index is 4.64. The molecule has 0 bridgehead atoms. The van der Waals surface area contributed by atoms with E-state index >= 15 is 0 Å². The summed E-state index contributed by atoms with van der Waals surface area (Å²) in [5.41, 5.74) is 2.07. The van der Waals surface area contributed by atoms with Gasteiger partial charge in [-0.05, 0) is 24.0 Å². The fourth-order valence-corrected chi connectivity index (χ4v) is 4.73. The van der Waals surface area contributed by atoms with Gasteiger partial charge in [-0.15, -0.1) is 11.8 Å². The number of rotatable bonds is 4. The third kappa shape index (κ3) is 2.96. The fourth-order valence-electron chi connectivity index (χ4n) is 2.90. The molecular formula is C14H20N4S2. The summed E-state index contributed by atoms with van der Waals surface area (Å²) in [6.45, 7) is 0. The Morgan fingerprint density at radius 1 is 1.15 bits per heavy atom. The molecule has 0 aromatic carbocycles. The zero-order chi connectivity index (χ0) is 13.8. The molecule has 0 atom stereocenters. The second-order valence-corrected chi connectivity index (χ2v) is 6.92. The Balaban J connectivity index is 1.75. The number of hydrogen-bond acceptors (Lipinski definition) is 5. The molecule has 20 heavy (non-hydrogen) atoms. The van der Waals surface area contributed by atoms with Gasteiger partial charge in [0.1, 0.15) is 16.9 Å². The molecule has 0 saturated heterocycles. The second-order valence-electron chi connectivity index (χ2n) is 5.64. The van der Waals surface area contributed by atoms with Crippen LogP contribution in [-0.2, 0) is 0 Å². The molecule has 4 nitrogen and oxygen atoms in total. The molecule has 0 aliphatic heterocycles. The van der Waals surface area contributed by atoms with Gasteiger partial charge in [-0.2, -0.15) is 12.6 Å². The van der Waals surface area contributed by atoms with Crippen molar-refractivity contribution in [2.24, 2.45) is 5.41 Å². The van der Waals surface area contributed by atoms with Gasteiger partial charge in [-0.25, -0.2) is 15.0 Å². The van der Waals surface area contributed by atoms with Crippen molar-refractivity contribution in [1.29, 1.82) is 0 Å². The van der Waals surface area contributed by atoms with E-state index in [0.717, 1.165) is 27.7 Å². The number of aromatic amines is 1. The molecule has 2 aromatic rings. The highest BCUT2D eigenvalue weighted by Crippen LogP contribution is 2.40. The van der Waals surface area contributed by atoms with E-state index < -0.39 is 0 Å². The number of aromatic nitrogens is 4. The highest BCUT2D eigenvalue weighted by atomic mass is 32.2. The first-order valence-electron chi connectivity index (χ1n) is 7.21. The molecule has 0 amide bonds. The predicted octanol–water partition coefficient (Wildman–Crippen LogP) is 3.72.